The second-order valence-corrected chi connectivity index (χ2v) is 18.7. The average Bonchev–Trinajstić information content (AvgIpc) is 3.66. The SMILES string of the molecule is CNc1ccn(-c2ccnc3c2cc([C@H](C)N2CC=C(c4c(C)cc(C(=O)N5CCC(CN6CCN(c7ccc(NC8CCC(=O)NC8=O)cc7F)C[C@@H]6C)CC5)cc4F)CC2)n3C)c(=O)c1. The summed E-state index contributed by atoms with van der Waals surface area (Å²) in [7, 11) is 3.78. The standard InChI is InChI=1S/C51H60F2N10O4/c1-31-24-36(25-41(53)48(31)35-13-19-59(20-14-35)33(3)45-28-39-43(10-16-55-49(39)58(45)5)63-21-15-37(54-4)27-47(63)65)51(67)60-17-11-34(12-18-60)30-61-22-23-62(29-32(61)2)44-8-6-38(26-40(44)52)56-42-7-9-46(64)57-50(42)66/h6,8,10,13,15-16,21,24-28,32-34,42,54,56H,7,9,11-12,14,17-20,22-23,29-30H2,1-5H3,(H,57,64,66)/t32-,33-,42?/m0/s1. The Morgan fingerprint density at radius 3 is 2.40 bits per heavy atom. The Morgan fingerprint density at radius 1 is 0.910 bits per heavy atom. The van der Waals surface area contributed by atoms with Crippen LogP contribution < -0.4 is 26.4 Å². The number of piperazine rings is 1. The lowest BCUT2D eigenvalue weighted by molar-refractivity contribution is -0.133. The molecule has 3 N–H and O–H groups in total. The predicted molar refractivity (Wildman–Crippen MR) is 258 cm³/mol. The zero-order valence-corrected chi connectivity index (χ0v) is 38.9. The number of imide groups is 1. The molecule has 3 saturated heterocycles. The lowest BCUT2D eigenvalue weighted by Gasteiger charge is -2.43. The zero-order valence-electron chi connectivity index (χ0n) is 38.9. The number of amides is 3. The summed E-state index contributed by atoms with van der Waals surface area (Å²) in [5, 5.41) is 9.29. The van der Waals surface area contributed by atoms with E-state index in [-0.39, 0.29) is 47.5 Å². The predicted octanol–water partition coefficient (Wildman–Crippen LogP) is 6.48. The van der Waals surface area contributed by atoms with Gasteiger partial charge in [0.15, 0.2) is 0 Å². The molecule has 16 heteroatoms. The van der Waals surface area contributed by atoms with Crippen LogP contribution in [-0.4, -0.2) is 118 Å². The van der Waals surface area contributed by atoms with E-state index in [0.717, 1.165) is 71.7 Å². The van der Waals surface area contributed by atoms with Gasteiger partial charge in [-0.1, -0.05) is 6.08 Å². The highest BCUT2D eigenvalue weighted by molar-refractivity contribution is 6.01. The highest BCUT2D eigenvalue weighted by Gasteiger charge is 2.32. The fraction of sp³-hybridized carbons (Fsp3) is 0.431. The molecule has 3 aromatic heterocycles. The van der Waals surface area contributed by atoms with Crippen LogP contribution in [0.4, 0.5) is 25.8 Å². The fourth-order valence-corrected chi connectivity index (χ4v) is 10.6. The third kappa shape index (κ3) is 9.33. The van der Waals surface area contributed by atoms with Crippen molar-refractivity contribution in [3.8, 4) is 5.69 Å². The molecule has 352 valence electrons. The van der Waals surface area contributed by atoms with Gasteiger partial charge in [-0.05, 0) is 112 Å². The Kier molecular flexibility index (Phi) is 13.0. The molecular weight excluding hydrogens is 855 g/mol. The number of carbonyl (C=O) groups excluding carboxylic acids is 3. The van der Waals surface area contributed by atoms with Crippen molar-refractivity contribution in [1.82, 2.24) is 34.1 Å². The number of fused-ring (bicyclic) bond motifs is 1. The molecule has 0 bridgehead atoms. The summed E-state index contributed by atoms with van der Waals surface area (Å²) in [6.45, 7) is 11.8. The number of nitrogens with one attached hydrogen (secondary N) is 3. The van der Waals surface area contributed by atoms with Crippen molar-refractivity contribution in [2.24, 2.45) is 13.0 Å². The quantitative estimate of drug-likeness (QED) is 0.126. The van der Waals surface area contributed by atoms with Gasteiger partial charge < -0.3 is 25.0 Å². The molecule has 0 saturated carbocycles. The number of rotatable bonds is 11. The molecule has 9 rings (SSSR count). The first kappa shape index (κ1) is 45.8. The van der Waals surface area contributed by atoms with Crippen LogP contribution in [-0.2, 0) is 16.6 Å². The summed E-state index contributed by atoms with van der Waals surface area (Å²) in [5.74, 6) is -1.14. The Bertz CT molecular complexity index is 2790. The molecule has 3 atom stereocenters. The molecule has 0 spiro atoms. The number of pyridine rings is 2. The number of benzene rings is 2. The first-order valence-corrected chi connectivity index (χ1v) is 23.5. The highest BCUT2D eigenvalue weighted by atomic mass is 19.1. The average molecular weight is 915 g/mol. The molecule has 7 heterocycles. The van der Waals surface area contributed by atoms with Gasteiger partial charge in [-0.25, -0.2) is 13.8 Å². The summed E-state index contributed by atoms with van der Waals surface area (Å²) in [6, 6.07) is 15.3. The van der Waals surface area contributed by atoms with Crippen LogP contribution in [0.15, 0.2) is 77.9 Å². The topological polar surface area (TPSA) is 140 Å². The molecule has 3 fully saturated rings. The maximum Gasteiger partial charge on any atom is 0.257 e. The molecule has 67 heavy (non-hydrogen) atoms. The maximum atomic E-state index is 16.1. The van der Waals surface area contributed by atoms with Gasteiger partial charge in [0.25, 0.3) is 11.5 Å². The molecule has 3 amide bonds. The van der Waals surface area contributed by atoms with Gasteiger partial charge in [0.1, 0.15) is 23.3 Å². The van der Waals surface area contributed by atoms with Gasteiger partial charge in [-0.3, -0.25) is 38.9 Å². The first-order valence-electron chi connectivity index (χ1n) is 23.5. The van der Waals surface area contributed by atoms with E-state index >= 15 is 8.78 Å². The molecule has 14 nitrogen and oxygen atoms in total. The molecule has 0 aliphatic carbocycles. The van der Waals surface area contributed by atoms with Gasteiger partial charge in [0, 0.05) is 137 Å². The van der Waals surface area contributed by atoms with E-state index in [9.17, 15) is 19.2 Å². The molecule has 2 aromatic carbocycles. The minimum atomic E-state index is -0.576. The molecule has 1 unspecified atom stereocenters. The van der Waals surface area contributed by atoms with Crippen molar-refractivity contribution in [3.05, 3.63) is 117 Å². The second kappa shape index (κ2) is 19.1. The number of carbonyl (C=O) groups is 3. The van der Waals surface area contributed by atoms with Crippen molar-refractivity contribution in [2.45, 2.75) is 71.0 Å². The van der Waals surface area contributed by atoms with Crippen molar-refractivity contribution in [3.63, 3.8) is 0 Å². The second-order valence-electron chi connectivity index (χ2n) is 18.7. The van der Waals surface area contributed by atoms with Gasteiger partial charge in [0.2, 0.25) is 11.8 Å². The number of anilines is 3. The Morgan fingerprint density at radius 2 is 1.72 bits per heavy atom. The van der Waals surface area contributed by atoms with E-state index in [2.05, 4.69) is 66.2 Å². The van der Waals surface area contributed by atoms with Crippen molar-refractivity contribution < 1.29 is 23.2 Å². The highest BCUT2D eigenvalue weighted by Crippen LogP contribution is 2.35. The Balaban J connectivity index is 0.773. The summed E-state index contributed by atoms with van der Waals surface area (Å²) in [5.41, 5.74) is 6.93. The molecule has 0 radical (unpaired) electrons. The van der Waals surface area contributed by atoms with Crippen LogP contribution >= 0.6 is 0 Å². The largest absolute Gasteiger partial charge is 0.388 e. The van der Waals surface area contributed by atoms with Gasteiger partial charge >= 0.3 is 0 Å². The summed E-state index contributed by atoms with van der Waals surface area (Å²) in [6.07, 6.45) is 8.61. The summed E-state index contributed by atoms with van der Waals surface area (Å²) < 4.78 is 35.2. The van der Waals surface area contributed by atoms with Crippen LogP contribution in [0, 0.1) is 24.5 Å². The van der Waals surface area contributed by atoms with E-state index < -0.39 is 11.9 Å². The number of nitrogens with zero attached hydrogens (tertiary/aromatic N) is 7. The van der Waals surface area contributed by atoms with Crippen LogP contribution in [0.5, 0.6) is 0 Å². The van der Waals surface area contributed by atoms with Crippen molar-refractivity contribution in [2.75, 3.05) is 74.9 Å². The van der Waals surface area contributed by atoms with E-state index in [1.54, 1.807) is 42.2 Å². The maximum absolute atomic E-state index is 16.1. The van der Waals surface area contributed by atoms with E-state index in [0.29, 0.717) is 74.0 Å². The number of hydrogen-bond donors (Lipinski definition) is 3. The third-order valence-electron chi connectivity index (χ3n) is 14.5. The van der Waals surface area contributed by atoms with Crippen molar-refractivity contribution in [1.29, 1.82) is 0 Å². The third-order valence-corrected chi connectivity index (χ3v) is 14.5. The minimum absolute atomic E-state index is 0.0251. The summed E-state index contributed by atoms with van der Waals surface area (Å²) >= 11 is 0. The summed E-state index contributed by atoms with van der Waals surface area (Å²) in [4.78, 5) is 63.9. The van der Waals surface area contributed by atoms with Crippen molar-refractivity contribution >= 4 is 51.4 Å². The smallest absolute Gasteiger partial charge is 0.257 e. The van der Waals surface area contributed by atoms with E-state index in [4.69, 9.17) is 0 Å². The first-order chi connectivity index (χ1) is 32.3. The molecule has 4 aliphatic heterocycles. The van der Waals surface area contributed by atoms with Crippen LogP contribution in [0.2, 0.25) is 0 Å². The number of aromatic nitrogens is 3. The van der Waals surface area contributed by atoms with Gasteiger partial charge in [0.05, 0.1) is 11.4 Å². The van der Waals surface area contributed by atoms with Crippen LogP contribution in [0.3, 0.4) is 0 Å². The lowest BCUT2D eigenvalue weighted by atomic mass is 9.92. The molecular formula is C51H60F2N10O4. The van der Waals surface area contributed by atoms with Crippen LogP contribution in [0.1, 0.15) is 79.2 Å². The van der Waals surface area contributed by atoms with Crippen LogP contribution in [0.25, 0.3) is 22.3 Å². The normalized spacial score (nSPS) is 20.5. The molecule has 4 aliphatic rings. The van der Waals surface area contributed by atoms with Gasteiger partial charge in [-0.15, -0.1) is 0 Å². The lowest BCUT2D eigenvalue weighted by Crippen LogP contribution is -2.54. The fourth-order valence-electron chi connectivity index (χ4n) is 10.6. The monoisotopic (exact) mass is 914 g/mol. The number of likely N-dealkylation sites (tertiary alicyclic amines) is 1. The number of piperidine rings is 2. The number of hydrogen-bond acceptors (Lipinski definition) is 10. The molecule has 5 aromatic rings. The minimum Gasteiger partial charge on any atom is -0.388 e. The van der Waals surface area contributed by atoms with Gasteiger partial charge in [-0.2, -0.15) is 0 Å². The number of aryl methyl sites for hydroxylation is 2. The Hall–Kier alpha value is -6.39. The number of halogens is 2. The Labute approximate surface area is 389 Å². The zero-order chi connectivity index (χ0) is 47.1. The van der Waals surface area contributed by atoms with E-state index in [1.807, 2.05) is 37.1 Å². The van der Waals surface area contributed by atoms with E-state index in [1.165, 1.54) is 12.1 Å².